The zero-order valence-electron chi connectivity index (χ0n) is 12.1. The molecule has 1 aromatic carbocycles. The summed E-state index contributed by atoms with van der Waals surface area (Å²) >= 11 is 0. The van der Waals surface area contributed by atoms with E-state index in [-0.39, 0.29) is 17.3 Å². The second-order valence-electron chi connectivity index (χ2n) is 4.64. The van der Waals surface area contributed by atoms with Crippen LogP contribution in [0.15, 0.2) is 18.2 Å². The zero-order chi connectivity index (χ0) is 15.7. The lowest BCUT2D eigenvalue weighted by Crippen LogP contribution is -2.12. The summed E-state index contributed by atoms with van der Waals surface area (Å²) in [6.07, 6.45) is 3.96. The van der Waals surface area contributed by atoms with Crippen molar-refractivity contribution in [3.05, 3.63) is 28.3 Å². The number of methoxy groups -OCH3 is 1. The predicted molar refractivity (Wildman–Crippen MR) is 80.4 cm³/mol. The van der Waals surface area contributed by atoms with Crippen LogP contribution in [0, 0.1) is 10.1 Å². The maximum absolute atomic E-state index is 11.8. The summed E-state index contributed by atoms with van der Waals surface area (Å²) in [5.74, 6) is 0.150. The Morgan fingerprint density at radius 1 is 1.33 bits per heavy atom. The number of anilines is 1. The predicted octanol–water partition coefficient (Wildman–Crippen LogP) is 2.45. The highest BCUT2D eigenvalue weighted by Gasteiger charge is 2.16. The highest BCUT2D eigenvalue weighted by Crippen LogP contribution is 2.29. The lowest BCUT2D eigenvalue weighted by Gasteiger charge is -2.07. The fourth-order valence-electron chi connectivity index (χ4n) is 1.89. The van der Waals surface area contributed by atoms with E-state index in [4.69, 9.17) is 10.5 Å². The first-order valence-electron chi connectivity index (χ1n) is 6.91. The van der Waals surface area contributed by atoms with Gasteiger partial charge in [-0.1, -0.05) is 12.8 Å². The Morgan fingerprint density at radius 3 is 2.67 bits per heavy atom. The van der Waals surface area contributed by atoms with E-state index in [2.05, 4.69) is 5.32 Å². The van der Waals surface area contributed by atoms with E-state index in [0.717, 1.165) is 25.7 Å². The Hall–Kier alpha value is -2.15. The maximum Gasteiger partial charge on any atom is 0.296 e. The van der Waals surface area contributed by atoms with Crippen molar-refractivity contribution in [2.75, 3.05) is 19.0 Å². The van der Waals surface area contributed by atoms with Crippen LogP contribution in [0.1, 0.15) is 32.1 Å². The van der Waals surface area contributed by atoms with Gasteiger partial charge in [0.05, 0.1) is 18.1 Å². The minimum atomic E-state index is -0.542. The lowest BCUT2D eigenvalue weighted by molar-refractivity contribution is -0.384. The molecule has 0 unspecified atom stereocenters. The molecule has 21 heavy (non-hydrogen) atoms. The van der Waals surface area contributed by atoms with Crippen LogP contribution in [0.2, 0.25) is 0 Å². The number of unbranched alkanes of at least 4 members (excludes halogenated alkanes) is 3. The number of ether oxygens (including phenoxy) is 1. The third kappa shape index (κ3) is 5.78. The number of nitrogens with one attached hydrogen (secondary N) is 1. The third-order valence-corrected chi connectivity index (χ3v) is 3.03. The summed E-state index contributed by atoms with van der Waals surface area (Å²) < 4.78 is 4.94. The molecule has 0 atom stereocenters. The number of hydrogen-bond donors (Lipinski definition) is 2. The number of carbonyl (C=O) groups is 1. The molecular formula is C14H21N3O4. The van der Waals surface area contributed by atoms with E-state index < -0.39 is 4.92 Å². The van der Waals surface area contributed by atoms with E-state index in [9.17, 15) is 14.9 Å². The summed E-state index contributed by atoms with van der Waals surface area (Å²) in [4.78, 5) is 22.2. The number of hydrogen-bond acceptors (Lipinski definition) is 5. The molecule has 1 rings (SSSR count). The molecule has 0 spiro atoms. The average Bonchev–Trinajstić information content (AvgIpc) is 2.47. The van der Waals surface area contributed by atoms with E-state index >= 15 is 0 Å². The van der Waals surface area contributed by atoms with Gasteiger partial charge in [-0.15, -0.1) is 0 Å². The molecule has 7 nitrogen and oxygen atoms in total. The summed E-state index contributed by atoms with van der Waals surface area (Å²) in [7, 11) is 1.43. The number of carbonyl (C=O) groups excluding carboxylic acids is 1. The highest BCUT2D eigenvalue weighted by molar-refractivity contribution is 5.93. The van der Waals surface area contributed by atoms with Gasteiger partial charge in [0.25, 0.3) is 5.69 Å². The molecule has 0 saturated carbocycles. The number of nitro groups is 1. The molecule has 0 aliphatic heterocycles. The molecule has 7 heteroatoms. The molecule has 3 N–H and O–H groups in total. The van der Waals surface area contributed by atoms with Gasteiger partial charge in [-0.3, -0.25) is 14.9 Å². The van der Waals surface area contributed by atoms with Gasteiger partial charge in [0.2, 0.25) is 5.91 Å². The number of benzene rings is 1. The molecule has 0 saturated heterocycles. The monoisotopic (exact) mass is 295 g/mol. The molecule has 0 fully saturated rings. The normalized spacial score (nSPS) is 10.2. The van der Waals surface area contributed by atoms with Crippen molar-refractivity contribution in [1.29, 1.82) is 0 Å². The smallest absolute Gasteiger partial charge is 0.296 e. The molecular weight excluding hydrogens is 274 g/mol. The molecule has 116 valence electrons. The van der Waals surface area contributed by atoms with Gasteiger partial charge in [-0.25, -0.2) is 0 Å². The first-order chi connectivity index (χ1) is 10.1. The Balaban J connectivity index is 2.57. The third-order valence-electron chi connectivity index (χ3n) is 3.03. The van der Waals surface area contributed by atoms with Crippen molar-refractivity contribution in [1.82, 2.24) is 0 Å². The van der Waals surface area contributed by atoms with Crippen molar-refractivity contribution in [2.45, 2.75) is 32.1 Å². The molecule has 0 aromatic heterocycles. The van der Waals surface area contributed by atoms with Gasteiger partial charge in [-0.2, -0.15) is 0 Å². The van der Waals surface area contributed by atoms with Crippen LogP contribution in [0.5, 0.6) is 5.75 Å². The fraction of sp³-hybridized carbons (Fsp3) is 0.500. The summed E-state index contributed by atoms with van der Waals surface area (Å²) in [5.41, 5.74) is 5.40. The van der Waals surface area contributed by atoms with Crippen molar-refractivity contribution >= 4 is 17.3 Å². The number of nitrogens with two attached hydrogens (primary N) is 1. The number of rotatable bonds is 9. The van der Waals surface area contributed by atoms with Crippen LogP contribution in [0.4, 0.5) is 11.4 Å². The van der Waals surface area contributed by atoms with E-state index in [1.54, 1.807) is 6.07 Å². The fourth-order valence-corrected chi connectivity index (χ4v) is 1.89. The molecule has 1 aromatic rings. The Labute approximate surface area is 123 Å². The minimum absolute atomic E-state index is 0.175. The van der Waals surface area contributed by atoms with Gasteiger partial charge < -0.3 is 15.8 Å². The first-order valence-corrected chi connectivity index (χ1v) is 6.91. The van der Waals surface area contributed by atoms with Crippen molar-refractivity contribution in [2.24, 2.45) is 5.73 Å². The quantitative estimate of drug-likeness (QED) is 0.413. The molecule has 1 amide bonds. The van der Waals surface area contributed by atoms with Crippen LogP contribution in [0.3, 0.4) is 0 Å². The van der Waals surface area contributed by atoms with Gasteiger partial charge in [0.15, 0.2) is 0 Å². The van der Waals surface area contributed by atoms with Crippen LogP contribution >= 0.6 is 0 Å². The zero-order valence-corrected chi connectivity index (χ0v) is 12.1. The Bertz CT molecular complexity index is 491. The van der Waals surface area contributed by atoms with Crippen LogP contribution in [-0.4, -0.2) is 24.5 Å². The molecule has 0 bridgehead atoms. The van der Waals surface area contributed by atoms with Crippen molar-refractivity contribution in [3.8, 4) is 5.75 Å². The lowest BCUT2D eigenvalue weighted by atomic mass is 10.1. The topological polar surface area (TPSA) is 107 Å². The van der Waals surface area contributed by atoms with Crippen LogP contribution < -0.4 is 15.8 Å². The minimum Gasteiger partial charge on any atom is -0.496 e. The first kappa shape index (κ1) is 16.9. The SMILES string of the molecule is COc1ccc(NC(=O)CCCCCCN)c([N+](=O)[O-])c1. The van der Waals surface area contributed by atoms with Gasteiger partial charge in [0, 0.05) is 6.42 Å². The number of amides is 1. The summed E-state index contributed by atoms with van der Waals surface area (Å²) in [6.45, 7) is 0.657. The average molecular weight is 295 g/mol. The highest BCUT2D eigenvalue weighted by atomic mass is 16.6. The summed E-state index contributed by atoms with van der Waals surface area (Å²) in [5, 5.41) is 13.6. The number of nitrogens with zero attached hydrogens (tertiary/aromatic N) is 1. The second-order valence-corrected chi connectivity index (χ2v) is 4.64. The van der Waals surface area contributed by atoms with Crippen molar-refractivity contribution in [3.63, 3.8) is 0 Å². The Morgan fingerprint density at radius 2 is 2.05 bits per heavy atom. The van der Waals surface area contributed by atoms with Gasteiger partial charge in [0.1, 0.15) is 11.4 Å². The van der Waals surface area contributed by atoms with Gasteiger partial charge in [-0.05, 0) is 31.5 Å². The second kappa shape index (κ2) is 8.91. The van der Waals surface area contributed by atoms with E-state index in [1.807, 2.05) is 0 Å². The van der Waals surface area contributed by atoms with E-state index in [0.29, 0.717) is 18.7 Å². The van der Waals surface area contributed by atoms with Gasteiger partial charge >= 0.3 is 0 Å². The van der Waals surface area contributed by atoms with Crippen LogP contribution in [-0.2, 0) is 4.79 Å². The summed E-state index contributed by atoms with van der Waals surface area (Å²) in [6, 6.07) is 4.34. The molecule has 0 aliphatic rings. The molecule has 0 aliphatic carbocycles. The molecule has 0 radical (unpaired) electrons. The van der Waals surface area contributed by atoms with Crippen molar-refractivity contribution < 1.29 is 14.5 Å². The number of nitro benzene ring substituents is 1. The maximum atomic E-state index is 11.8. The Kier molecular flexibility index (Phi) is 7.17. The largest absolute Gasteiger partial charge is 0.496 e. The van der Waals surface area contributed by atoms with E-state index in [1.165, 1.54) is 19.2 Å². The standard InChI is InChI=1S/C14H21N3O4/c1-21-11-7-8-12(13(10-11)17(19)20)16-14(18)6-4-2-3-5-9-15/h7-8,10H,2-6,9,15H2,1H3,(H,16,18). The molecule has 0 heterocycles. The van der Waals surface area contributed by atoms with Crippen LogP contribution in [0.25, 0.3) is 0 Å².